The Kier molecular flexibility index (Phi) is 6.02. The minimum Gasteiger partial charge on any atom is -0.497 e. The maximum Gasteiger partial charge on any atom is 0.328 e. The van der Waals surface area contributed by atoms with Crippen LogP contribution in [0.5, 0.6) is 5.75 Å². The van der Waals surface area contributed by atoms with Gasteiger partial charge in [0.1, 0.15) is 24.2 Å². The number of hydrogen-bond donors (Lipinski definition) is 1. The summed E-state index contributed by atoms with van der Waals surface area (Å²) in [6.07, 6.45) is 3.26. The molecule has 4 atom stereocenters. The third kappa shape index (κ3) is 3.93. The number of carbonyl (C=O) groups is 2. The number of carbonyl (C=O) groups excluding carboxylic acids is 2. The summed E-state index contributed by atoms with van der Waals surface area (Å²) in [5, 5.41) is 3.57. The SMILES string of the molecule is COc1cccc(N2CC(C)CN3C4C(=O)N(C/C=C/c5ccccc5)C(=O)N(C)C4NC23)c1. The van der Waals surface area contributed by atoms with Crippen molar-refractivity contribution in [2.75, 3.05) is 38.7 Å². The predicted octanol–water partition coefficient (Wildman–Crippen LogP) is 2.64. The number of ether oxygens (including phenoxy) is 1. The van der Waals surface area contributed by atoms with Crippen molar-refractivity contribution in [2.24, 2.45) is 5.92 Å². The van der Waals surface area contributed by atoms with Gasteiger partial charge in [0.05, 0.1) is 7.11 Å². The maximum absolute atomic E-state index is 13.6. The molecule has 0 aliphatic carbocycles. The van der Waals surface area contributed by atoms with Crippen LogP contribution >= 0.6 is 0 Å². The summed E-state index contributed by atoms with van der Waals surface area (Å²) in [5.41, 5.74) is 2.06. The van der Waals surface area contributed by atoms with Crippen molar-refractivity contribution in [3.8, 4) is 5.75 Å². The Bertz CT molecular complexity index is 1090. The summed E-state index contributed by atoms with van der Waals surface area (Å²) >= 11 is 0. The summed E-state index contributed by atoms with van der Waals surface area (Å²) in [4.78, 5) is 34.3. The summed E-state index contributed by atoms with van der Waals surface area (Å²) in [6, 6.07) is 17.1. The first kappa shape index (κ1) is 22.4. The van der Waals surface area contributed by atoms with Crippen LogP contribution in [0, 0.1) is 5.92 Å². The van der Waals surface area contributed by atoms with Gasteiger partial charge in [0.2, 0.25) is 0 Å². The second-order valence-corrected chi connectivity index (χ2v) is 9.24. The molecular formula is C26H31N5O3. The second-order valence-electron chi connectivity index (χ2n) is 9.24. The number of urea groups is 1. The molecule has 4 unspecified atom stereocenters. The fourth-order valence-corrected chi connectivity index (χ4v) is 5.23. The topological polar surface area (TPSA) is 68.4 Å². The Hall–Kier alpha value is -3.36. The first-order valence-corrected chi connectivity index (χ1v) is 11.7. The zero-order valence-corrected chi connectivity index (χ0v) is 19.8. The highest BCUT2D eigenvalue weighted by Gasteiger charge is 2.56. The molecule has 2 aromatic carbocycles. The monoisotopic (exact) mass is 461 g/mol. The summed E-state index contributed by atoms with van der Waals surface area (Å²) in [7, 11) is 3.43. The van der Waals surface area contributed by atoms with Crippen LogP contribution in [0.25, 0.3) is 6.08 Å². The normalized spacial score (nSPS) is 27.3. The van der Waals surface area contributed by atoms with E-state index in [1.54, 1.807) is 19.1 Å². The number of anilines is 1. The molecule has 2 aromatic rings. The van der Waals surface area contributed by atoms with E-state index in [4.69, 9.17) is 4.74 Å². The van der Waals surface area contributed by atoms with E-state index < -0.39 is 6.04 Å². The van der Waals surface area contributed by atoms with Gasteiger partial charge in [-0.3, -0.25) is 19.9 Å². The van der Waals surface area contributed by atoms with Crippen molar-refractivity contribution >= 4 is 23.7 Å². The number of rotatable bonds is 5. The summed E-state index contributed by atoms with van der Waals surface area (Å²) < 4.78 is 5.43. The minimum absolute atomic E-state index is 0.152. The number of nitrogens with zero attached hydrogens (tertiary/aromatic N) is 4. The van der Waals surface area contributed by atoms with Gasteiger partial charge in [0.15, 0.2) is 0 Å². The smallest absolute Gasteiger partial charge is 0.328 e. The lowest BCUT2D eigenvalue weighted by molar-refractivity contribution is -0.138. The number of nitrogens with one attached hydrogen (secondary N) is 1. The Morgan fingerprint density at radius 2 is 1.88 bits per heavy atom. The zero-order chi connectivity index (χ0) is 23.8. The lowest BCUT2D eigenvalue weighted by Crippen LogP contribution is -2.66. The van der Waals surface area contributed by atoms with E-state index in [9.17, 15) is 9.59 Å². The molecular weight excluding hydrogens is 430 g/mol. The minimum atomic E-state index is -0.436. The molecule has 3 saturated heterocycles. The average molecular weight is 462 g/mol. The second kappa shape index (κ2) is 9.12. The van der Waals surface area contributed by atoms with Crippen molar-refractivity contribution in [2.45, 2.75) is 25.4 Å². The fraction of sp³-hybridized carbons (Fsp3) is 0.385. The molecule has 0 aromatic heterocycles. The molecule has 0 radical (unpaired) electrons. The molecule has 1 N–H and O–H groups in total. The van der Waals surface area contributed by atoms with Crippen molar-refractivity contribution < 1.29 is 14.3 Å². The van der Waals surface area contributed by atoms with Gasteiger partial charge < -0.3 is 14.5 Å². The van der Waals surface area contributed by atoms with Crippen molar-refractivity contribution in [3.63, 3.8) is 0 Å². The van der Waals surface area contributed by atoms with Crippen LogP contribution in [-0.4, -0.2) is 78.9 Å². The van der Waals surface area contributed by atoms with E-state index in [0.29, 0.717) is 5.92 Å². The Morgan fingerprint density at radius 3 is 2.65 bits per heavy atom. The quantitative estimate of drug-likeness (QED) is 0.739. The van der Waals surface area contributed by atoms with Crippen LogP contribution in [-0.2, 0) is 4.79 Å². The number of imide groups is 1. The van der Waals surface area contributed by atoms with Crippen LogP contribution in [0.1, 0.15) is 12.5 Å². The molecule has 3 amide bonds. The molecule has 3 heterocycles. The molecule has 3 aliphatic rings. The van der Waals surface area contributed by atoms with Gasteiger partial charge in [-0.2, -0.15) is 0 Å². The van der Waals surface area contributed by atoms with Crippen LogP contribution in [0.4, 0.5) is 10.5 Å². The van der Waals surface area contributed by atoms with Gasteiger partial charge in [-0.05, 0) is 23.6 Å². The average Bonchev–Trinajstić information content (AvgIpc) is 3.24. The number of fused-ring (bicyclic) bond motifs is 3. The molecule has 8 nitrogen and oxygen atoms in total. The number of likely N-dealkylation sites (N-methyl/N-ethyl adjacent to an activating group) is 1. The third-order valence-electron chi connectivity index (χ3n) is 6.87. The van der Waals surface area contributed by atoms with Gasteiger partial charge in [-0.15, -0.1) is 0 Å². The van der Waals surface area contributed by atoms with E-state index in [0.717, 1.165) is 30.1 Å². The molecule has 3 fully saturated rings. The van der Waals surface area contributed by atoms with Gasteiger partial charge in [0.25, 0.3) is 5.91 Å². The highest BCUT2D eigenvalue weighted by molar-refractivity contribution is 6.00. The van der Waals surface area contributed by atoms with Crippen LogP contribution in [0.15, 0.2) is 60.7 Å². The molecule has 34 heavy (non-hydrogen) atoms. The fourth-order valence-electron chi connectivity index (χ4n) is 5.23. The van der Waals surface area contributed by atoms with Crippen molar-refractivity contribution in [1.29, 1.82) is 0 Å². The third-order valence-corrected chi connectivity index (χ3v) is 6.87. The number of amides is 3. The molecule has 178 valence electrons. The molecule has 8 heteroatoms. The molecule has 0 spiro atoms. The van der Waals surface area contributed by atoms with E-state index in [1.807, 2.05) is 60.7 Å². The van der Waals surface area contributed by atoms with Crippen LogP contribution in [0.2, 0.25) is 0 Å². The van der Waals surface area contributed by atoms with E-state index in [1.165, 1.54) is 4.90 Å². The summed E-state index contributed by atoms with van der Waals surface area (Å²) in [5.74, 6) is 0.989. The number of methoxy groups -OCH3 is 1. The van der Waals surface area contributed by atoms with Gasteiger partial charge in [-0.25, -0.2) is 4.79 Å². The first-order chi connectivity index (χ1) is 16.5. The molecule has 5 rings (SSSR count). The predicted molar refractivity (Wildman–Crippen MR) is 131 cm³/mol. The number of benzene rings is 2. The van der Waals surface area contributed by atoms with Gasteiger partial charge >= 0.3 is 6.03 Å². The Labute approximate surface area is 200 Å². The lowest BCUT2D eigenvalue weighted by Gasteiger charge is -2.46. The highest BCUT2D eigenvalue weighted by atomic mass is 16.5. The summed E-state index contributed by atoms with van der Waals surface area (Å²) in [6.45, 7) is 4.06. The standard InChI is InChI=1S/C26H31N5O3/c1-18-16-30(20-12-7-13-21(15-20)34-3)25-27-23-22(31(25)17-18)24(32)29(26(33)28(23)2)14-8-11-19-9-5-4-6-10-19/h4-13,15,18,22-23,25,27H,14,16-17H2,1-3H3/b11-8+. The highest BCUT2D eigenvalue weighted by Crippen LogP contribution is 2.35. The number of hydrogen-bond acceptors (Lipinski definition) is 6. The largest absolute Gasteiger partial charge is 0.497 e. The van der Waals surface area contributed by atoms with E-state index >= 15 is 0 Å². The Balaban J connectivity index is 1.40. The molecule has 0 bridgehead atoms. The lowest BCUT2D eigenvalue weighted by atomic mass is 10.0. The van der Waals surface area contributed by atoms with Crippen molar-refractivity contribution in [1.82, 2.24) is 20.0 Å². The molecule has 0 saturated carbocycles. The van der Waals surface area contributed by atoms with Crippen LogP contribution in [0.3, 0.4) is 0 Å². The van der Waals surface area contributed by atoms with Gasteiger partial charge in [0, 0.05) is 38.4 Å². The van der Waals surface area contributed by atoms with Crippen LogP contribution < -0.4 is 15.0 Å². The first-order valence-electron chi connectivity index (χ1n) is 11.7. The van der Waals surface area contributed by atoms with E-state index in [2.05, 4.69) is 28.1 Å². The molecule has 3 aliphatic heterocycles. The zero-order valence-electron chi connectivity index (χ0n) is 19.8. The van der Waals surface area contributed by atoms with Crippen molar-refractivity contribution in [3.05, 3.63) is 66.2 Å². The van der Waals surface area contributed by atoms with Gasteiger partial charge in [-0.1, -0.05) is 55.5 Å². The Morgan fingerprint density at radius 1 is 1.09 bits per heavy atom. The van der Waals surface area contributed by atoms with E-state index in [-0.39, 0.29) is 30.9 Å². The maximum atomic E-state index is 13.6.